The number of aromatic nitrogens is 2. The molecule has 0 aliphatic carbocycles. The number of likely N-dealkylation sites (tertiary alicyclic amines) is 1. The maximum Gasteiger partial charge on any atom is 0.266 e. The minimum absolute atomic E-state index is 0.0395. The van der Waals surface area contributed by atoms with Crippen LogP contribution in [-0.4, -0.2) is 94.8 Å². The molecule has 7 rings (SSSR count). The second kappa shape index (κ2) is 20.0. The summed E-state index contributed by atoms with van der Waals surface area (Å²) in [6, 6.07) is 14.4. The number of halogens is 1. The van der Waals surface area contributed by atoms with E-state index in [4.69, 9.17) is 21.1 Å². The molecule has 3 aliphatic rings. The molecular weight excluding hydrogens is 874 g/mol. The summed E-state index contributed by atoms with van der Waals surface area (Å²) in [5.74, 6) is -0.645. The molecule has 0 bridgehead atoms. The number of anilines is 4. The number of rotatable bonds is 17. The van der Waals surface area contributed by atoms with Gasteiger partial charge in [-0.2, -0.15) is 4.98 Å². The molecule has 1 unspecified atom stereocenters. The average molecular weight is 929 g/mol. The van der Waals surface area contributed by atoms with Gasteiger partial charge < -0.3 is 25.0 Å². The van der Waals surface area contributed by atoms with Gasteiger partial charge in [-0.15, -0.1) is 0 Å². The van der Waals surface area contributed by atoms with Crippen LogP contribution in [0.3, 0.4) is 0 Å². The number of carbonyl (C=O) groups is 5. The molecule has 2 saturated heterocycles. The Kier molecular flexibility index (Phi) is 14.4. The van der Waals surface area contributed by atoms with Crippen molar-refractivity contribution in [3.05, 3.63) is 88.1 Å². The Balaban J connectivity index is 0.909. The van der Waals surface area contributed by atoms with Gasteiger partial charge in [0.25, 0.3) is 11.8 Å². The number of fused-ring (bicyclic) bond motifs is 1. The highest BCUT2D eigenvalue weighted by molar-refractivity contribution is 7.92. The quantitative estimate of drug-likeness (QED) is 0.0689. The average Bonchev–Trinajstić information content (AvgIpc) is 3.52. The van der Waals surface area contributed by atoms with Crippen LogP contribution in [0.4, 0.5) is 23.1 Å². The number of imide groups is 2. The Hall–Kier alpha value is -6.07. The van der Waals surface area contributed by atoms with Crippen LogP contribution in [0.2, 0.25) is 5.02 Å². The van der Waals surface area contributed by atoms with Crippen LogP contribution in [0, 0.1) is 6.92 Å². The summed E-state index contributed by atoms with van der Waals surface area (Å²) in [7, 11) is -3.60. The van der Waals surface area contributed by atoms with Crippen molar-refractivity contribution in [2.45, 2.75) is 114 Å². The van der Waals surface area contributed by atoms with Crippen LogP contribution >= 0.6 is 11.6 Å². The van der Waals surface area contributed by atoms with Crippen LogP contribution in [0.1, 0.15) is 117 Å². The van der Waals surface area contributed by atoms with E-state index in [0.29, 0.717) is 49.5 Å². The highest BCUT2D eigenvalue weighted by Gasteiger charge is 2.46. The van der Waals surface area contributed by atoms with Crippen molar-refractivity contribution in [2.75, 3.05) is 30.3 Å². The van der Waals surface area contributed by atoms with Crippen LogP contribution in [0.15, 0.2) is 65.7 Å². The molecule has 3 aliphatic heterocycles. The molecule has 2 fully saturated rings. The minimum atomic E-state index is -3.60. The fourth-order valence-electron chi connectivity index (χ4n) is 8.37. The topological polar surface area (TPSA) is 206 Å². The number of piperidine rings is 2. The van der Waals surface area contributed by atoms with Crippen molar-refractivity contribution in [1.29, 1.82) is 0 Å². The van der Waals surface area contributed by atoms with E-state index in [0.717, 1.165) is 35.3 Å². The molecule has 65 heavy (non-hydrogen) atoms. The van der Waals surface area contributed by atoms with Gasteiger partial charge in [0.1, 0.15) is 22.6 Å². The van der Waals surface area contributed by atoms with Gasteiger partial charge in [0.2, 0.25) is 23.7 Å². The van der Waals surface area contributed by atoms with E-state index in [1.54, 1.807) is 50.2 Å². The zero-order valence-electron chi connectivity index (χ0n) is 37.1. The van der Waals surface area contributed by atoms with E-state index in [-0.39, 0.29) is 75.9 Å². The van der Waals surface area contributed by atoms with E-state index in [1.165, 1.54) is 12.3 Å². The first-order valence-electron chi connectivity index (χ1n) is 22.0. The van der Waals surface area contributed by atoms with Crippen molar-refractivity contribution in [3.63, 3.8) is 0 Å². The molecule has 0 radical (unpaired) electrons. The second-order valence-electron chi connectivity index (χ2n) is 17.0. The lowest BCUT2D eigenvalue weighted by molar-refractivity contribution is -0.136. The maximum absolute atomic E-state index is 13.4. The summed E-state index contributed by atoms with van der Waals surface area (Å²) in [6.07, 6.45) is 5.43. The normalized spacial score (nSPS) is 16.8. The molecule has 4 heterocycles. The second-order valence-corrected chi connectivity index (χ2v) is 19.9. The highest BCUT2D eigenvalue weighted by Crippen LogP contribution is 2.39. The number of para-hydroxylation sites is 1. The Bertz CT molecular complexity index is 2610. The molecule has 0 spiro atoms. The highest BCUT2D eigenvalue weighted by atomic mass is 35.5. The third-order valence-electron chi connectivity index (χ3n) is 11.8. The van der Waals surface area contributed by atoms with Gasteiger partial charge in [-0.3, -0.25) is 34.2 Å². The summed E-state index contributed by atoms with van der Waals surface area (Å²) in [5, 5.41) is 8.17. The lowest BCUT2D eigenvalue weighted by atomic mass is 9.86. The molecule has 0 saturated carbocycles. The van der Waals surface area contributed by atoms with Gasteiger partial charge in [0.15, 0.2) is 15.7 Å². The number of nitrogens with one attached hydrogen (secondary N) is 3. The van der Waals surface area contributed by atoms with Gasteiger partial charge in [-0.05, 0) is 127 Å². The Morgan fingerprint density at radius 1 is 0.908 bits per heavy atom. The minimum Gasteiger partial charge on any atom is -0.493 e. The smallest absolute Gasteiger partial charge is 0.266 e. The number of hydrogen-bond donors (Lipinski definition) is 3. The summed E-state index contributed by atoms with van der Waals surface area (Å²) in [5.41, 5.74) is 3.46. The fraction of sp³-hybridized carbons (Fsp3) is 0.426. The van der Waals surface area contributed by atoms with Crippen molar-refractivity contribution in [1.82, 2.24) is 25.1 Å². The molecular formula is C47H54ClN7O9S. The SMILES string of the molecule is Cc1cc(Nc2ncc(Cl)c(Nc3ccccc3S(=O)(=O)C(C)C)n2)c(OC(C)C)cc1C1CCN(C(=O)CCCCCOc2cccc3c2C(=O)N(C2CCC(=O)NC2=O)C3=O)CC1. The number of hydrogen-bond acceptors (Lipinski definition) is 13. The van der Waals surface area contributed by atoms with Crippen LogP contribution < -0.4 is 25.4 Å². The summed E-state index contributed by atoms with van der Waals surface area (Å²) >= 11 is 6.50. The van der Waals surface area contributed by atoms with Gasteiger partial charge in [-0.1, -0.05) is 29.8 Å². The fourth-order valence-corrected chi connectivity index (χ4v) is 9.71. The van der Waals surface area contributed by atoms with Crippen molar-refractivity contribution in [2.24, 2.45) is 0 Å². The largest absolute Gasteiger partial charge is 0.493 e. The summed E-state index contributed by atoms with van der Waals surface area (Å²) in [4.78, 5) is 75.8. The number of amides is 5. The predicted octanol–water partition coefficient (Wildman–Crippen LogP) is 7.64. The number of benzene rings is 3. The Morgan fingerprint density at radius 2 is 1.66 bits per heavy atom. The number of aryl methyl sites for hydroxylation is 1. The summed E-state index contributed by atoms with van der Waals surface area (Å²) < 4.78 is 38.4. The molecule has 1 atom stereocenters. The van der Waals surface area contributed by atoms with Crippen LogP contribution in [-0.2, 0) is 24.2 Å². The first-order chi connectivity index (χ1) is 31.0. The van der Waals surface area contributed by atoms with E-state index in [2.05, 4.69) is 32.0 Å². The Morgan fingerprint density at radius 3 is 2.38 bits per heavy atom. The van der Waals surface area contributed by atoms with Gasteiger partial charge >= 0.3 is 0 Å². The molecule has 3 N–H and O–H groups in total. The van der Waals surface area contributed by atoms with E-state index in [1.807, 2.05) is 31.7 Å². The van der Waals surface area contributed by atoms with E-state index < -0.39 is 44.8 Å². The molecule has 5 amide bonds. The van der Waals surface area contributed by atoms with Crippen molar-refractivity contribution < 1.29 is 41.9 Å². The standard InChI is InChI=1S/C47H54ClN7O9S/c1-27(2)64-38-25-32(29(5)24-35(38)51-47-49-26-33(48)43(53-47)50-34-13-8-9-15-39(34)65(61,62)28(3)4)30-19-21-54(22-20-30)41(57)16-7-6-10-23-63-37-14-11-12-31-42(37)46(60)55(45(31)59)36-17-18-40(56)52-44(36)58/h8-9,11-15,24-28,30,36H,6-7,10,16-23H2,1-5H3,(H,52,56,58)(H2,49,50,51,53). The van der Waals surface area contributed by atoms with Gasteiger partial charge in [0, 0.05) is 25.9 Å². The monoisotopic (exact) mass is 927 g/mol. The van der Waals surface area contributed by atoms with Crippen molar-refractivity contribution >= 4 is 74.1 Å². The molecule has 18 heteroatoms. The Labute approximate surface area is 383 Å². The number of carbonyl (C=O) groups excluding carboxylic acids is 5. The molecule has 1 aromatic heterocycles. The van der Waals surface area contributed by atoms with Crippen LogP contribution in [0.25, 0.3) is 0 Å². The zero-order chi connectivity index (χ0) is 46.6. The van der Waals surface area contributed by atoms with Gasteiger partial charge in [0.05, 0.1) is 51.6 Å². The molecule has 344 valence electrons. The maximum atomic E-state index is 13.4. The summed E-state index contributed by atoms with van der Waals surface area (Å²) in [6.45, 7) is 10.7. The first-order valence-corrected chi connectivity index (χ1v) is 23.9. The first kappa shape index (κ1) is 46.9. The number of ether oxygens (including phenoxy) is 2. The molecule has 3 aromatic carbocycles. The van der Waals surface area contributed by atoms with Gasteiger partial charge in [-0.25, -0.2) is 13.4 Å². The zero-order valence-corrected chi connectivity index (χ0v) is 38.7. The predicted molar refractivity (Wildman–Crippen MR) is 245 cm³/mol. The third kappa shape index (κ3) is 10.4. The molecule has 16 nitrogen and oxygen atoms in total. The van der Waals surface area contributed by atoms with E-state index >= 15 is 0 Å². The van der Waals surface area contributed by atoms with Crippen molar-refractivity contribution in [3.8, 4) is 11.5 Å². The van der Waals surface area contributed by atoms with Crippen LogP contribution in [0.5, 0.6) is 11.5 Å². The lowest BCUT2D eigenvalue weighted by Gasteiger charge is -2.33. The lowest BCUT2D eigenvalue weighted by Crippen LogP contribution is -2.54. The number of nitrogens with zero attached hydrogens (tertiary/aromatic N) is 4. The molecule has 4 aromatic rings. The third-order valence-corrected chi connectivity index (χ3v) is 14.3. The number of unbranched alkanes of at least 4 members (excludes halogenated alkanes) is 2. The number of sulfone groups is 1. The van der Waals surface area contributed by atoms with E-state index in [9.17, 15) is 32.4 Å².